The van der Waals surface area contributed by atoms with Gasteiger partial charge in [0.25, 0.3) is 5.91 Å². The molecule has 4 rings (SSSR count). The van der Waals surface area contributed by atoms with Crippen LogP contribution in [0.3, 0.4) is 0 Å². The standard InChI is InChI=1S/C24H23N3O3S/c1-16-11-19-22(12-17(16)2)31-24(26-19)27(14-18-7-6-10-25-13-18)23(28)15-30-21-9-5-4-8-20(21)29-3/h4-13H,14-15H2,1-3H3. The summed E-state index contributed by atoms with van der Waals surface area (Å²) in [6, 6.07) is 15.2. The number of para-hydroxylation sites is 2. The Morgan fingerprint density at radius 3 is 2.58 bits per heavy atom. The number of amides is 1. The number of anilines is 1. The molecule has 4 aromatic rings. The van der Waals surface area contributed by atoms with E-state index in [1.54, 1.807) is 36.5 Å². The van der Waals surface area contributed by atoms with Gasteiger partial charge in [-0.25, -0.2) is 4.98 Å². The quantitative estimate of drug-likeness (QED) is 0.414. The van der Waals surface area contributed by atoms with E-state index in [9.17, 15) is 4.79 Å². The lowest BCUT2D eigenvalue weighted by molar-refractivity contribution is -0.120. The Bertz CT molecular complexity index is 1170. The van der Waals surface area contributed by atoms with Gasteiger partial charge in [-0.3, -0.25) is 14.7 Å². The first kappa shape index (κ1) is 20.8. The Kier molecular flexibility index (Phi) is 6.13. The number of aromatic nitrogens is 2. The van der Waals surface area contributed by atoms with Gasteiger partial charge in [-0.2, -0.15) is 0 Å². The molecule has 0 aliphatic heterocycles. The number of aryl methyl sites for hydroxylation is 2. The third-order valence-corrected chi connectivity index (χ3v) is 6.05. The minimum absolute atomic E-state index is 0.130. The summed E-state index contributed by atoms with van der Waals surface area (Å²) in [5.41, 5.74) is 4.18. The minimum Gasteiger partial charge on any atom is -0.493 e. The van der Waals surface area contributed by atoms with Crippen molar-refractivity contribution in [2.45, 2.75) is 20.4 Å². The van der Waals surface area contributed by atoms with Crippen molar-refractivity contribution in [1.82, 2.24) is 9.97 Å². The van der Waals surface area contributed by atoms with Gasteiger partial charge in [0, 0.05) is 12.4 Å². The van der Waals surface area contributed by atoms with E-state index >= 15 is 0 Å². The van der Waals surface area contributed by atoms with Crippen LogP contribution in [-0.2, 0) is 11.3 Å². The molecule has 7 heteroatoms. The van der Waals surface area contributed by atoms with E-state index in [-0.39, 0.29) is 12.5 Å². The van der Waals surface area contributed by atoms with E-state index in [0.717, 1.165) is 15.8 Å². The van der Waals surface area contributed by atoms with E-state index in [2.05, 4.69) is 31.0 Å². The number of hydrogen-bond donors (Lipinski definition) is 0. The lowest BCUT2D eigenvalue weighted by atomic mass is 10.1. The van der Waals surface area contributed by atoms with Crippen molar-refractivity contribution in [3.05, 3.63) is 77.6 Å². The zero-order valence-corrected chi connectivity index (χ0v) is 18.5. The number of carbonyl (C=O) groups is 1. The molecule has 2 aromatic heterocycles. The van der Waals surface area contributed by atoms with Crippen LogP contribution < -0.4 is 14.4 Å². The molecule has 0 radical (unpaired) electrons. The molecule has 0 aliphatic carbocycles. The van der Waals surface area contributed by atoms with Crippen LogP contribution in [0.5, 0.6) is 11.5 Å². The molecule has 0 bridgehead atoms. The number of ether oxygens (including phenoxy) is 2. The van der Waals surface area contributed by atoms with E-state index in [0.29, 0.717) is 23.2 Å². The third-order valence-electron chi connectivity index (χ3n) is 5.01. The fourth-order valence-electron chi connectivity index (χ4n) is 3.18. The second kappa shape index (κ2) is 9.14. The molecule has 2 heterocycles. The van der Waals surface area contributed by atoms with Crippen molar-refractivity contribution in [2.75, 3.05) is 18.6 Å². The van der Waals surface area contributed by atoms with Gasteiger partial charge in [0.05, 0.1) is 23.9 Å². The van der Waals surface area contributed by atoms with Crippen molar-refractivity contribution < 1.29 is 14.3 Å². The Labute approximate surface area is 185 Å². The van der Waals surface area contributed by atoms with Crippen LogP contribution in [0, 0.1) is 13.8 Å². The molecule has 0 atom stereocenters. The summed E-state index contributed by atoms with van der Waals surface area (Å²) in [5.74, 6) is 0.914. The average molecular weight is 434 g/mol. The number of benzene rings is 2. The molecule has 0 spiro atoms. The Morgan fingerprint density at radius 1 is 1.06 bits per heavy atom. The molecule has 0 saturated heterocycles. The van der Waals surface area contributed by atoms with Gasteiger partial charge in [0.2, 0.25) is 0 Å². The highest BCUT2D eigenvalue weighted by molar-refractivity contribution is 7.22. The number of methoxy groups -OCH3 is 1. The summed E-state index contributed by atoms with van der Waals surface area (Å²) in [4.78, 5) is 23.8. The van der Waals surface area contributed by atoms with Gasteiger partial charge in [0.1, 0.15) is 0 Å². The number of thiazole rings is 1. The van der Waals surface area contributed by atoms with E-state index in [1.807, 2.05) is 24.3 Å². The second-order valence-electron chi connectivity index (χ2n) is 7.18. The van der Waals surface area contributed by atoms with Crippen molar-refractivity contribution >= 4 is 32.6 Å². The first-order chi connectivity index (χ1) is 15.0. The highest BCUT2D eigenvalue weighted by Crippen LogP contribution is 2.32. The van der Waals surface area contributed by atoms with Crippen molar-refractivity contribution in [3.63, 3.8) is 0 Å². The number of fused-ring (bicyclic) bond motifs is 1. The zero-order valence-electron chi connectivity index (χ0n) is 17.7. The van der Waals surface area contributed by atoms with Crippen molar-refractivity contribution in [1.29, 1.82) is 0 Å². The molecule has 0 N–H and O–H groups in total. The van der Waals surface area contributed by atoms with Gasteiger partial charge in [-0.05, 0) is 60.9 Å². The average Bonchev–Trinajstić information content (AvgIpc) is 3.19. The van der Waals surface area contributed by atoms with Gasteiger partial charge in [-0.1, -0.05) is 29.5 Å². The Hall–Kier alpha value is -3.45. The van der Waals surface area contributed by atoms with Crippen LogP contribution in [-0.4, -0.2) is 29.6 Å². The Balaban J connectivity index is 1.63. The fraction of sp³-hybridized carbons (Fsp3) is 0.208. The predicted octanol–water partition coefficient (Wildman–Crippen LogP) is 4.93. The van der Waals surface area contributed by atoms with Crippen LogP contribution >= 0.6 is 11.3 Å². The number of carbonyl (C=O) groups excluding carboxylic acids is 1. The SMILES string of the molecule is COc1ccccc1OCC(=O)N(Cc1cccnc1)c1nc2cc(C)c(C)cc2s1. The number of rotatable bonds is 7. The lowest BCUT2D eigenvalue weighted by Crippen LogP contribution is -2.34. The van der Waals surface area contributed by atoms with Gasteiger partial charge in [-0.15, -0.1) is 0 Å². The number of nitrogens with zero attached hydrogens (tertiary/aromatic N) is 3. The van der Waals surface area contributed by atoms with Gasteiger partial charge < -0.3 is 9.47 Å². The Morgan fingerprint density at radius 2 is 1.84 bits per heavy atom. The van der Waals surface area contributed by atoms with Gasteiger partial charge in [0.15, 0.2) is 23.2 Å². The second-order valence-corrected chi connectivity index (χ2v) is 8.19. The molecule has 0 unspecified atom stereocenters. The van der Waals surface area contributed by atoms with Crippen LogP contribution in [0.4, 0.5) is 5.13 Å². The minimum atomic E-state index is -0.192. The van der Waals surface area contributed by atoms with E-state index in [1.165, 1.54) is 22.5 Å². The molecule has 0 aliphatic rings. The predicted molar refractivity (Wildman–Crippen MR) is 123 cm³/mol. The van der Waals surface area contributed by atoms with Crippen LogP contribution in [0.25, 0.3) is 10.2 Å². The molecular formula is C24H23N3O3S. The molecular weight excluding hydrogens is 410 g/mol. The molecule has 1 amide bonds. The topological polar surface area (TPSA) is 64.6 Å². The van der Waals surface area contributed by atoms with Crippen molar-refractivity contribution in [3.8, 4) is 11.5 Å². The van der Waals surface area contributed by atoms with Gasteiger partial charge >= 0.3 is 0 Å². The summed E-state index contributed by atoms with van der Waals surface area (Å²) in [6.45, 7) is 4.37. The third kappa shape index (κ3) is 4.67. The highest BCUT2D eigenvalue weighted by atomic mass is 32.1. The lowest BCUT2D eigenvalue weighted by Gasteiger charge is -2.20. The summed E-state index contributed by atoms with van der Waals surface area (Å²) in [5, 5.41) is 0.637. The van der Waals surface area contributed by atoms with Crippen molar-refractivity contribution in [2.24, 2.45) is 0 Å². The number of pyridine rings is 1. The first-order valence-corrected chi connectivity index (χ1v) is 10.7. The maximum Gasteiger partial charge on any atom is 0.267 e. The van der Waals surface area contributed by atoms with Crippen LogP contribution in [0.1, 0.15) is 16.7 Å². The zero-order chi connectivity index (χ0) is 21.8. The summed E-state index contributed by atoms with van der Waals surface area (Å²) >= 11 is 1.50. The molecule has 6 nitrogen and oxygen atoms in total. The molecule has 2 aromatic carbocycles. The molecule has 31 heavy (non-hydrogen) atoms. The van der Waals surface area contributed by atoms with E-state index in [4.69, 9.17) is 14.5 Å². The smallest absolute Gasteiger partial charge is 0.267 e. The van der Waals surface area contributed by atoms with Crippen LogP contribution in [0.15, 0.2) is 60.9 Å². The van der Waals surface area contributed by atoms with Crippen LogP contribution in [0.2, 0.25) is 0 Å². The monoisotopic (exact) mass is 433 g/mol. The largest absolute Gasteiger partial charge is 0.493 e. The molecule has 158 valence electrons. The summed E-state index contributed by atoms with van der Waals surface area (Å²) < 4.78 is 12.1. The summed E-state index contributed by atoms with van der Waals surface area (Å²) in [6.07, 6.45) is 3.46. The molecule has 0 saturated carbocycles. The molecule has 0 fully saturated rings. The first-order valence-electron chi connectivity index (χ1n) is 9.88. The highest BCUT2D eigenvalue weighted by Gasteiger charge is 2.22. The normalized spacial score (nSPS) is 10.8. The maximum atomic E-state index is 13.2. The fourth-order valence-corrected chi connectivity index (χ4v) is 4.24. The number of hydrogen-bond acceptors (Lipinski definition) is 6. The van der Waals surface area contributed by atoms with E-state index < -0.39 is 0 Å². The summed E-state index contributed by atoms with van der Waals surface area (Å²) in [7, 11) is 1.57. The maximum absolute atomic E-state index is 13.2.